The molecule has 14 atom stereocenters. The monoisotopic (exact) mass is 1530 g/mol. The molecule has 3 aliphatic carbocycles. The molecule has 6 aromatic heterocycles. The molecule has 8 aromatic rings. The number of hydrogen-bond donors (Lipinski definition) is 10. The van der Waals surface area contributed by atoms with Crippen molar-refractivity contribution < 1.29 is 77.0 Å². The van der Waals surface area contributed by atoms with E-state index in [0.717, 1.165) is 15.6 Å². The van der Waals surface area contributed by atoms with E-state index in [9.17, 15) is 64.5 Å². The van der Waals surface area contributed by atoms with Crippen LogP contribution in [0.15, 0.2) is 140 Å². The van der Waals surface area contributed by atoms with Crippen LogP contribution < -0.4 is 31.4 Å². The molecular weight excluding hydrogens is 1460 g/mol. The second-order valence-corrected chi connectivity index (χ2v) is 28.9. The number of anilines is 3. The fourth-order valence-electron chi connectivity index (χ4n) is 11.8. The smallest absolute Gasteiger partial charge is 0.333 e. The first-order valence-corrected chi connectivity index (χ1v) is 36.8. The highest BCUT2D eigenvalue weighted by Crippen LogP contribution is 2.35. The van der Waals surface area contributed by atoms with E-state index in [2.05, 4.69) is 96.4 Å². The van der Waals surface area contributed by atoms with Gasteiger partial charge in [0.25, 0.3) is 0 Å². The number of nitrogens with zero attached hydrogens (tertiary/aromatic N) is 11. The zero-order chi connectivity index (χ0) is 73.8. The first-order chi connectivity index (χ1) is 48.3. The predicted molar refractivity (Wildman–Crippen MR) is 369 cm³/mol. The molecule has 13 N–H and O–H groups in total. The summed E-state index contributed by atoms with van der Waals surface area (Å²) in [7, 11) is -12.5. The van der Waals surface area contributed by atoms with E-state index in [1.165, 1.54) is 37.6 Å². The Labute approximate surface area is 594 Å². The van der Waals surface area contributed by atoms with Crippen LogP contribution in [0, 0.1) is 29.6 Å². The van der Waals surface area contributed by atoms with E-state index < -0.39 is 104 Å². The first-order valence-electron chi connectivity index (χ1n) is 31.6. The summed E-state index contributed by atoms with van der Waals surface area (Å²) >= 11 is 3.47. The summed E-state index contributed by atoms with van der Waals surface area (Å²) in [6, 6.07) is 20.3. The molecule has 3 aliphatic rings. The van der Waals surface area contributed by atoms with Crippen molar-refractivity contribution in [1.29, 1.82) is 0 Å². The lowest BCUT2D eigenvalue weighted by Crippen LogP contribution is -2.36. The summed E-state index contributed by atoms with van der Waals surface area (Å²) in [5.41, 5.74) is 3.42. The van der Waals surface area contributed by atoms with Gasteiger partial charge in [-0.15, -0.1) is 5.92 Å². The van der Waals surface area contributed by atoms with Crippen LogP contribution in [0.2, 0.25) is 0 Å². The van der Waals surface area contributed by atoms with Gasteiger partial charge >= 0.3 is 30.9 Å². The zero-order valence-corrected chi connectivity index (χ0v) is 59.1. The summed E-state index contributed by atoms with van der Waals surface area (Å²) in [6.07, 6.45) is 9.21. The maximum atomic E-state index is 14.8. The third-order valence-electron chi connectivity index (χ3n) is 17.3. The molecule has 3 saturated carbocycles. The normalized spacial score (nSPS) is 22.7. The number of hydrogen-bond acceptors (Lipinski definition) is 27. The lowest BCUT2D eigenvalue weighted by molar-refractivity contribution is 0.00778. The van der Waals surface area contributed by atoms with E-state index >= 15 is 0 Å². The predicted octanol–water partition coefficient (Wildman–Crippen LogP) is 3.12. The number of aliphatic hydroxyl groups excluding tert-OH is 4. The summed E-state index contributed by atoms with van der Waals surface area (Å²) < 4.78 is 101. The Morgan fingerprint density at radius 2 is 1.10 bits per heavy atom. The van der Waals surface area contributed by atoms with Gasteiger partial charge in [-0.05, 0) is 94.8 Å². The summed E-state index contributed by atoms with van der Waals surface area (Å²) in [5.74, 6) is 3.27. The summed E-state index contributed by atoms with van der Waals surface area (Å²) in [5, 5.41) is 73.4. The van der Waals surface area contributed by atoms with Gasteiger partial charge in [0.2, 0.25) is 11.6 Å². The van der Waals surface area contributed by atoms with Gasteiger partial charge in [-0.2, -0.15) is 35.5 Å². The van der Waals surface area contributed by atoms with Crippen LogP contribution in [0.4, 0.5) is 21.8 Å². The molecule has 0 radical (unpaired) electrons. The quantitative estimate of drug-likeness (QED) is 0.0275. The molecule has 3 unspecified atom stereocenters. The van der Waals surface area contributed by atoms with Gasteiger partial charge in [0.15, 0.2) is 5.78 Å². The molecule has 2 aromatic carbocycles. The highest BCUT2D eigenvalue weighted by molar-refractivity contribution is 9.10. The van der Waals surface area contributed by atoms with Crippen molar-refractivity contribution in [2.24, 2.45) is 33.2 Å². The van der Waals surface area contributed by atoms with Crippen LogP contribution in [0.1, 0.15) is 131 Å². The number of carbonyl (C=O) groups is 3. The maximum absolute atomic E-state index is 14.8. The maximum Gasteiger partial charge on any atom is 0.333 e. The molecule has 38 heteroatoms. The number of alkyl halides is 1. The van der Waals surface area contributed by atoms with Crippen molar-refractivity contribution in [2.75, 3.05) is 35.8 Å². The largest absolute Gasteiger partial charge is 0.393 e. The second-order valence-electron chi connectivity index (χ2n) is 24.3. The minimum absolute atomic E-state index is 0.0302. The van der Waals surface area contributed by atoms with Gasteiger partial charge < -0.3 is 40.9 Å². The lowest BCUT2D eigenvalue weighted by Gasteiger charge is -2.19. The van der Waals surface area contributed by atoms with Gasteiger partial charge in [0, 0.05) is 77.2 Å². The van der Waals surface area contributed by atoms with Crippen molar-refractivity contribution in [2.45, 2.75) is 120 Å². The molecule has 6 heterocycles. The number of nitrogens with one attached hydrogen (secondary N) is 3. The fourth-order valence-corrected chi connectivity index (χ4v) is 13.3. The highest BCUT2D eigenvalue weighted by Gasteiger charge is 2.45. The van der Waals surface area contributed by atoms with E-state index in [0.29, 0.717) is 24.2 Å². The fraction of sp³-hybridized carbons (Fsp3) is 0.391. The number of ketones is 3. The number of benzene rings is 2. The van der Waals surface area contributed by atoms with Crippen LogP contribution in [-0.4, -0.2) is 186 Å². The summed E-state index contributed by atoms with van der Waals surface area (Å²) in [6.45, 7) is 6.52. The number of carbonyl (C=O) groups excluding carboxylic acids is 3. The van der Waals surface area contributed by atoms with E-state index in [-0.39, 0.29) is 102 Å². The molecule has 11 rings (SSSR count). The van der Waals surface area contributed by atoms with Gasteiger partial charge in [0.05, 0.1) is 79.0 Å². The van der Waals surface area contributed by atoms with Gasteiger partial charge in [-0.25, -0.2) is 49.7 Å². The van der Waals surface area contributed by atoms with Crippen molar-refractivity contribution >= 4 is 81.6 Å². The lowest BCUT2D eigenvalue weighted by atomic mass is 10.1. The Hall–Kier alpha value is -8.79. The minimum atomic E-state index is -4.23. The van der Waals surface area contributed by atoms with Crippen LogP contribution in [-0.2, 0) is 43.5 Å². The molecule has 0 spiro atoms. The summed E-state index contributed by atoms with van der Waals surface area (Å²) in [4.78, 5) is 63.8. The van der Waals surface area contributed by atoms with Crippen LogP contribution in [0.3, 0.4) is 0 Å². The Kier molecular flexibility index (Phi) is 25.8. The van der Waals surface area contributed by atoms with Crippen LogP contribution in [0.5, 0.6) is 0 Å². The molecule has 3 fully saturated rings. The standard InChI is InChI=1S/C23H25BrFN5O5S.C22H26N6O6S.C19H24N6O5S/c1-13(14-3-2-4-17(24)7-14)30-6-5-15(10-30)21(31)18-9-27-12-28-23(18)29-19-8-16(22(32)20(19)25)11-35-36(26,33)34;1-13(14-5-3-2-4-6-14)28-8-7-17(27-28)20(30)16-10-24-12-25-22(16)26-18-9-15(19(29)21(18)31)11-34-35(23,32)33;1-3-4-12(2)25-6-5-16(24-25)18(27)15-9-21-11-22-19(15)23-14-7-13(17(26)8-14)10-30-31(20,28)29/h2-7,9-10,12-13,16,19-20,22,32H,8,11H2,1H3,(H2,26,33,34)(H,27,28,29);2-8,10,12-13,15,18-19,21,29,31H,9,11H2,1H3,(H2,23,32,33)(H,24,25,26);5-6,9,11-14,17,26H,7-8,10H2,1-2H3,(H2,20,28,29)(H,21,22,23)/t13?,16-,19-,20-,22-;13?,15-,18-,19-,21+;12?,13-,14-,17+/m111/s1. The molecule has 544 valence electrons. The third kappa shape index (κ3) is 20.5. The molecule has 102 heavy (non-hydrogen) atoms. The molecule has 0 saturated heterocycles. The molecule has 0 bridgehead atoms. The third-order valence-corrected chi connectivity index (χ3v) is 19.2. The Bertz CT molecular complexity index is 4670. The van der Waals surface area contributed by atoms with Crippen molar-refractivity contribution in [3.63, 3.8) is 0 Å². The zero-order valence-electron chi connectivity index (χ0n) is 55.1. The molecule has 0 amide bonds. The molecular formula is C64H75BrFN17O16S3. The van der Waals surface area contributed by atoms with Crippen LogP contribution >= 0.6 is 15.9 Å². The average Bonchev–Trinajstić information content (AvgIpc) is 1.63. The Balaban J connectivity index is 0.000000179. The number of nitrogens with two attached hydrogens (primary N) is 3. The second kappa shape index (κ2) is 34.0. The van der Waals surface area contributed by atoms with E-state index in [1.54, 1.807) is 59.3 Å². The topological polar surface area (TPSA) is 494 Å². The number of halogens is 2. The molecule has 0 aliphatic heterocycles. The van der Waals surface area contributed by atoms with Crippen molar-refractivity contribution in [3.05, 3.63) is 184 Å². The average molecular weight is 1530 g/mol. The SMILES string of the molecule is CC#CC(C)n1ccc(C(=O)c2cncnc2N[C@@H]2C[C@H](COS(N)(=O)=O)[C@@H](O)C2)n1.CC(c1cccc(Br)c1)n1ccc(C(=O)c2cncnc2N[C@@H]2C[C@H](COS(N)(=O)=O)[C@@H](O)[C@@H]2F)c1.CC(c1ccccc1)n1ccc(C(=O)c2cncnc2N[C@@H]2C[C@H](COS(N)(=O)=O)[C@@H](O)[C@H]2O)n1. The highest BCUT2D eigenvalue weighted by atomic mass is 79.9. The Morgan fingerprint density at radius 3 is 1.66 bits per heavy atom. The van der Waals surface area contributed by atoms with Gasteiger partial charge in [-0.3, -0.25) is 36.3 Å². The minimum Gasteiger partial charge on any atom is -0.393 e. The number of aliphatic hydroxyl groups is 4. The number of rotatable bonds is 26. The van der Waals surface area contributed by atoms with Crippen molar-refractivity contribution in [3.8, 4) is 11.8 Å². The first kappa shape index (κ1) is 77.4. The Morgan fingerprint density at radius 1 is 0.598 bits per heavy atom. The van der Waals surface area contributed by atoms with E-state index in [1.807, 2.05) is 79.9 Å². The van der Waals surface area contributed by atoms with Gasteiger partial charge in [-0.1, -0.05) is 64.3 Å². The van der Waals surface area contributed by atoms with Gasteiger partial charge in [0.1, 0.15) is 66.1 Å². The van der Waals surface area contributed by atoms with Crippen LogP contribution in [0.25, 0.3) is 0 Å². The molecule has 33 nitrogen and oxygen atoms in total. The number of aromatic nitrogens is 11. The van der Waals surface area contributed by atoms with Crippen molar-refractivity contribution in [1.82, 2.24) is 54.0 Å². The van der Waals surface area contributed by atoms with E-state index in [4.69, 9.17) is 15.4 Å².